The maximum absolute atomic E-state index is 12.5. The smallest absolute Gasteiger partial charge is 0.348 e. The number of benzene rings is 1. The number of nitrogens with zero attached hydrogens (tertiary/aromatic N) is 2. The number of thiophene rings is 1. The number of carbonyl (C=O) groups is 1. The van der Waals surface area contributed by atoms with E-state index in [1.807, 2.05) is 6.07 Å². The minimum atomic E-state index is -0.407. The van der Waals surface area contributed by atoms with Crippen LogP contribution >= 0.6 is 23.1 Å². The summed E-state index contributed by atoms with van der Waals surface area (Å²) in [6.07, 6.45) is 0.626. The first-order chi connectivity index (χ1) is 14.5. The normalized spacial score (nSPS) is 11.4. The van der Waals surface area contributed by atoms with Gasteiger partial charge in [0.2, 0.25) is 0 Å². The molecule has 0 saturated carbocycles. The number of H-pyrrole nitrogens is 2. The van der Waals surface area contributed by atoms with Crippen molar-refractivity contribution < 1.29 is 9.53 Å². The number of fused-ring (bicyclic) bond motifs is 2. The number of ether oxygens (including phenoxy) is 1. The summed E-state index contributed by atoms with van der Waals surface area (Å²) < 4.78 is 5.08. The van der Waals surface area contributed by atoms with Crippen molar-refractivity contribution in [2.45, 2.75) is 32.9 Å². The minimum absolute atomic E-state index is 0.211. The van der Waals surface area contributed by atoms with Gasteiger partial charge in [-0.1, -0.05) is 6.07 Å². The highest BCUT2D eigenvalue weighted by Gasteiger charge is 2.20. The van der Waals surface area contributed by atoms with Crippen LogP contribution in [0.1, 0.15) is 39.4 Å². The standard InChI is InChI=1S/C21H22N4O3S2/c1-4-28-21(27)18-12(3)17-19(26)24-15(25-20(17)30-18)7-8-29-10-16-22-13-6-5-11(2)9-14(13)23-16/h5-6,9H,4,7-8,10H2,1-3H3,(H,22,23)(H,24,25,26). The van der Waals surface area contributed by atoms with E-state index in [0.29, 0.717) is 39.5 Å². The lowest BCUT2D eigenvalue weighted by Gasteiger charge is -2.01. The van der Waals surface area contributed by atoms with Crippen molar-refractivity contribution in [2.24, 2.45) is 0 Å². The third kappa shape index (κ3) is 4.13. The van der Waals surface area contributed by atoms with Gasteiger partial charge in [-0.05, 0) is 44.0 Å². The fraction of sp³-hybridized carbons (Fsp3) is 0.333. The average Bonchev–Trinajstić information content (AvgIpc) is 3.25. The van der Waals surface area contributed by atoms with Gasteiger partial charge in [0.15, 0.2) is 0 Å². The van der Waals surface area contributed by atoms with Gasteiger partial charge in [-0.2, -0.15) is 11.8 Å². The molecule has 4 aromatic rings. The number of aromatic amines is 2. The van der Waals surface area contributed by atoms with Crippen LogP contribution in [0.4, 0.5) is 0 Å². The Morgan fingerprint density at radius 1 is 1.20 bits per heavy atom. The molecule has 9 heteroatoms. The number of nitrogens with one attached hydrogen (secondary N) is 2. The Hall–Kier alpha value is -2.65. The number of thioether (sulfide) groups is 1. The van der Waals surface area contributed by atoms with Crippen LogP contribution < -0.4 is 5.56 Å². The molecule has 3 aromatic heterocycles. The van der Waals surface area contributed by atoms with Crippen LogP contribution in [-0.4, -0.2) is 38.3 Å². The van der Waals surface area contributed by atoms with Crippen LogP contribution in [0.3, 0.4) is 0 Å². The van der Waals surface area contributed by atoms with Crippen molar-refractivity contribution in [1.82, 2.24) is 19.9 Å². The van der Waals surface area contributed by atoms with E-state index >= 15 is 0 Å². The molecule has 0 aliphatic rings. The second-order valence-electron chi connectivity index (χ2n) is 6.98. The van der Waals surface area contributed by atoms with Gasteiger partial charge < -0.3 is 14.7 Å². The molecule has 0 aliphatic heterocycles. The first-order valence-electron chi connectivity index (χ1n) is 9.68. The number of esters is 1. The maximum Gasteiger partial charge on any atom is 0.348 e. The monoisotopic (exact) mass is 442 g/mol. The zero-order valence-electron chi connectivity index (χ0n) is 17.0. The molecule has 0 radical (unpaired) electrons. The number of hydrogen-bond acceptors (Lipinski definition) is 7. The van der Waals surface area contributed by atoms with Crippen LogP contribution in [0.2, 0.25) is 0 Å². The van der Waals surface area contributed by atoms with Crippen molar-refractivity contribution in [3.63, 3.8) is 0 Å². The Labute approximate surface area is 181 Å². The van der Waals surface area contributed by atoms with Crippen LogP contribution in [0.25, 0.3) is 21.3 Å². The SMILES string of the molecule is CCOC(=O)c1sc2nc(CCSCc3nc4ccc(C)cc4[nH]3)[nH]c(=O)c2c1C. The fourth-order valence-electron chi connectivity index (χ4n) is 3.28. The Balaban J connectivity index is 1.43. The molecule has 3 heterocycles. The largest absolute Gasteiger partial charge is 0.462 e. The quantitative estimate of drug-likeness (QED) is 0.330. The van der Waals surface area contributed by atoms with Gasteiger partial charge in [-0.3, -0.25) is 4.79 Å². The van der Waals surface area contributed by atoms with Gasteiger partial charge >= 0.3 is 5.97 Å². The first kappa shape index (κ1) is 20.6. The number of rotatable bonds is 7. The van der Waals surface area contributed by atoms with Gasteiger partial charge in [0.05, 0.1) is 28.8 Å². The number of imidazole rings is 1. The molecular weight excluding hydrogens is 420 g/mol. The van der Waals surface area contributed by atoms with Crippen LogP contribution in [0.5, 0.6) is 0 Å². The van der Waals surface area contributed by atoms with E-state index < -0.39 is 5.97 Å². The molecule has 0 amide bonds. The maximum atomic E-state index is 12.5. The van der Waals surface area contributed by atoms with Crippen molar-refractivity contribution in [2.75, 3.05) is 12.4 Å². The van der Waals surface area contributed by atoms with Gasteiger partial charge in [-0.15, -0.1) is 11.3 Å². The van der Waals surface area contributed by atoms with E-state index in [0.717, 1.165) is 28.4 Å². The predicted molar refractivity (Wildman–Crippen MR) is 122 cm³/mol. The van der Waals surface area contributed by atoms with Crippen LogP contribution in [0, 0.1) is 13.8 Å². The summed E-state index contributed by atoms with van der Waals surface area (Å²) in [4.78, 5) is 41.0. The lowest BCUT2D eigenvalue weighted by molar-refractivity contribution is 0.0531. The third-order valence-electron chi connectivity index (χ3n) is 4.72. The van der Waals surface area contributed by atoms with Gasteiger partial charge in [0.25, 0.3) is 5.56 Å². The van der Waals surface area contributed by atoms with Gasteiger partial charge in [0.1, 0.15) is 21.4 Å². The summed E-state index contributed by atoms with van der Waals surface area (Å²) in [5.74, 6) is 2.70. The van der Waals surface area contributed by atoms with Crippen molar-refractivity contribution >= 4 is 50.3 Å². The summed E-state index contributed by atoms with van der Waals surface area (Å²) in [5, 5.41) is 0.469. The molecule has 0 atom stereocenters. The van der Waals surface area contributed by atoms with E-state index in [1.165, 1.54) is 16.9 Å². The molecule has 7 nitrogen and oxygen atoms in total. The molecule has 4 rings (SSSR count). The Morgan fingerprint density at radius 2 is 2.03 bits per heavy atom. The Bertz CT molecular complexity index is 1290. The molecule has 0 saturated heterocycles. The van der Waals surface area contributed by atoms with E-state index in [1.54, 1.807) is 25.6 Å². The molecule has 1 aromatic carbocycles. The highest BCUT2D eigenvalue weighted by molar-refractivity contribution is 7.98. The van der Waals surface area contributed by atoms with Crippen molar-refractivity contribution in [3.8, 4) is 0 Å². The van der Waals surface area contributed by atoms with Crippen molar-refractivity contribution in [3.05, 3.63) is 56.2 Å². The van der Waals surface area contributed by atoms with Gasteiger partial charge in [0, 0.05) is 12.2 Å². The third-order valence-corrected chi connectivity index (χ3v) is 6.85. The highest BCUT2D eigenvalue weighted by atomic mass is 32.2. The summed E-state index contributed by atoms with van der Waals surface area (Å²) in [7, 11) is 0. The van der Waals surface area contributed by atoms with E-state index in [2.05, 4.69) is 39.0 Å². The Morgan fingerprint density at radius 3 is 2.83 bits per heavy atom. The Kier molecular flexibility index (Phi) is 5.92. The summed E-state index contributed by atoms with van der Waals surface area (Å²) in [6.45, 7) is 5.87. The molecule has 0 aliphatic carbocycles. The van der Waals surface area contributed by atoms with Gasteiger partial charge in [-0.25, -0.2) is 14.8 Å². The average molecular weight is 443 g/mol. The molecule has 0 bridgehead atoms. The lowest BCUT2D eigenvalue weighted by atomic mass is 10.2. The van der Waals surface area contributed by atoms with E-state index in [-0.39, 0.29) is 5.56 Å². The van der Waals surface area contributed by atoms with E-state index in [4.69, 9.17) is 4.74 Å². The fourth-order valence-corrected chi connectivity index (χ4v) is 5.19. The molecule has 0 unspecified atom stereocenters. The molecule has 156 valence electrons. The molecular formula is C21H22N4O3S2. The molecule has 0 spiro atoms. The number of carbonyl (C=O) groups excluding carboxylic acids is 1. The summed E-state index contributed by atoms with van der Waals surface area (Å²) in [5.41, 5.74) is 3.64. The first-order valence-corrected chi connectivity index (χ1v) is 11.7. The number of aryl methyl sites for hydroxylation is 3. The molecule has 2 N–H and O–H groups in total. The van der Waals surface area contributed by atoms with Crippen molar-refractivity contribution in [1.29, 1.82) is 0 Å². The second-order valence-corrected chi connectivity index (χ2v) is 9.08. The summed E-state index contributed by atoms with van der Waals surface area (Å²) >= 11 is 2.94. The van der Waals surface area contributed by atoms with Crippen LogP contribution in [0.15, 0.2) is 23.0 Å². The highest BCUT2D eigenvalue weighted by Crippen LogP contribution is 2.27. The van der Waals surface area contributed by atoms with E-state index in [9.17, 15) is 9.59 Å². The summed E-state index contributed by atoms with van der Waals surface area (Å²) in [6, 6.07) is 6.17. The number of aromatic nitrogens is 4. The van der Waals surface area contributed by atoms with Crippen LogP contribution in [-0.2, 0) is 16.9 Å². The molecule has 0 fully saturated rings. The molecule has 30 heavy (non-hydrogen) atoms. The minimum Gasteiger partial charge on any atom is -0.462 e. The number of hydrogen-bond donors (Lipinski definition) is 2. The zero-order valence-corrected chi connectivity index (χ0v) is 18.6. The predicted octanol–water partition coefficient (Wildman–Crippen LogP) is 4.13. The topological polar surface area (TPSA) is 101 Å². The second kappa shape index (κ2) is 8.61. The lowest BCUT2D eigenvalue weighted by Crippen LogP contribution is -2.12. The zero-order chi connectivity index (χ0) is 21.3.